The Hall–Kier alpha value is -2.79. The zero-order valence-corrected chi connectivity index (χ0v) is 16.6. The molecular formula is C26H28O2. The Labute approximate surface area is 168 Å². The van der Waals surface area contributed by atoms with Crippen LogP contribution in [-0.4, -0.2) is 5.97 Å². The van der Waals surface area contributed by atoms with Crippen LogP contribution in [0.2, 0.25) is 0 Å². The minimum Gasteiger partial charge on any atom is -0.426 e. The van der Waals surface area contributed by atoms with Crippen molar-refractivity contribution in [1.29, 1.82) is 0 Å². The van der Waals surface area contributed by atoms with Gasteiger partial charge < -0.3 is 4.74 Å². The zero-order chi connectivity index (χ0) is 19.8. The van der Waals surface area contributed by atoms with E-state index in [4.69, 9.17) is 4.74 Å². The van der Waals surface area contributed by atoms with Gasteiger partial charge >= 0.3 is 5.97 Å². The fourth-order valence-electron chi connectivity index (χ4n) is 3.63. The van der Waals surface area contributed by atoms with Crippen molar-refractivity contribution >= 4 is 5.97 Å². The minimum absolute atomic E-state index is 0.0287. The van der Waals surface area contributed by atoms with E-state index in [1.807, 2.05) is 42.5 Å². The van der Waals surface area contributed by atoms with Crippen LogP contribution in [0.15, 0.2) is 61.2 Å². The van der Waals surface area contributed by atoms with E-state index in [1.165, 1.54) is 12.0 Å². The van der Waals surface area contributed by atoms with Gasteiger partial charge in [-0.05, 0) is 87.8 Å². The van der Waals surface area contributed by atoms with Crippen LogP contribution in [0.3, 0.4) is 0 Å². The molecule has 0 N–H and O–H groups in total. The molecule has 0 amide bonds. The predicted octanol–water partition coefficient (Wildman–Crippen LogP) is 6.07. The van der Waals surface area contributed by atoms with Crippen LogP contribution < -0.4 is 4.74 Å². The number of esters is 1. The number of aryl methyl sites for hydroxylation is 1. The number of carbonyl (C=O) groups excluding carboxylic acids is 1. The average molecular weight is 373 g/mol. The summed E-state index contributed by atoms with van der Waals surface area (Å²) in [7, 11) is 0. The quantitative estimate of drug-likeness (QED) is 0.275. The van der Waals surface area contributed by atoms with E-state index < -0.39 is 0 Å². The summed E-state index contributed by atoms with van der Waals surface area (Å²) in [6.07, 6.45) is 8.33. The van der Waals surface area contributed by atoms with Gasteiger partial charge in [0.05, 0.1) is 5.92 Å². The van der Waals surface area contributed by atoms with Gasteiger partial charge in [0.15, 0.2) is 0 Å². The standard InChI is InChI=1S/C26H28O2/c1-3-4-5-21-12-16-24(17-13-21)26(27)28-25-18-14-23(15-19-25)11-10-22-8-6-20(2)7-9-22/h3,6-9,14-15,18-19,21,24H,1,4-5,12-13,16-17H2,2H3/t21-,24-. The van der Waals surface area contributed by atoms with Crippen molar-refractivity contribution in [2.75, 3.05) is 0 Å². The van der Waals surface area contributed by atoms with Crippen molar-refractivity contribution in [2.24, 2.45) is 11.8 Å². The lowest BCUT2D eigenvalue weighted by molar-refractivity contribution is -0.140. The van der Waals surface area contributed by atoms with Crippen LogP contribution in [0.25, 0.3) is 0 Å². The number of benzene rings is 2. The summed E-state index contributed by atoms with van der Waals surface area (Å²) in [6.45, 7) is 5.85. The van der Waals surface area contributed by atoms with Crippen molar-refractivity contribution in [3.63, 3.8) is 0 Å². The number of ether oxygens (including phenoxy) is 1. The molecule has 2 aromatic rings. The lowest BCUT2D eigenvalue weighted by Gasteiger charge is -2.26. The van der Waals surface area contributed by atoms with Gasteiger partial charge in [-0.1, -0.05) is 35.6 Å². The van der Waals surface area contributed by atoms with E-state index >= 15 is 0 Å². The molecule has 2 heteroatoms. The van der Waals surface area contributed by atoms with Gasteiger partial charge in [0.1, 0.15) is 5.75 Å². The Kier molecular flexibility index (Phi) is 7.09. The molecule has 3 rings (SSSR count). The van der Waals surface area contributed by atoms with Gasteiger partial charge in [-0.25, -0.2) is 0 Å². The fourth-order valence-corrected chi connectivity index (χ4v) is 3.63. The maximum absolute atomic E-state index is 12.4. The number of carbonyl (C=O) groups is 1. The molecule has 0 bridgehead atoms. The molecule has 1 saturated carbocycles. The molecule has 0 saturated heterocycles. The van der Waals surface area contributed by atoms with Crippen molar-refractivity contribution in [3.8, 4) is 17.6 Å². The smallest absolute Gasteiger partial charge is 0.314 e. The van der Waals surface area contributed by atoms with Gasteiger partial charge in [0, 0.05) is 11.1 Å². The Morgan fingerprint density at radius 2 is 1.57 bits per heavy atom. The van der Waals surface area contributed by atoms with Crippen LogP contribution in [0, 0.1) is 30.6 Å². The summed E-state index contributed by atoms with van der Waals surface area (Å²) >= 11 is 0. The van der Waals surface area contributed by atoms with Crippen molar-refractivity contribution in [2.45, 2.75) is 45.4 Å². The van der Waals surface area contributed by atoms with E-state index in [9.17, 15) is 4.79 Å². The largest absolute Gasteiger partial charge is 0.426 e. The number of hydrogen-bond donors (Lipinski definition) is 0. The summed E-state index contributed by atoms with van der Waals surface area (Å²) < 4.78 is 5.60. The summed E-state index contributed by atoms with van der Waals surface area (Å²) in [5, 5.41) is 0. The van der Waals surface area contributed by atoms with E-state index in [0.717, 1.165) is 49.1 Å². The average Bonchev–Trinajstić information content (AvgIpc) is 2.73. The highest BCUT2D eigenvalue weighted by atomic mass is 16.5. The Bertz CT molecular complexity index is 842. The summed E-state index contributed by atoms with van der Waals surface area (Å²) in [4.78, 5) is 12.4. The fraction of sp³-hybridized carbons (Fsp3) is 0.346. The van der Waals surface area contributed by atoms with Crippen molar-refractivity contribution < 1.29 is 9.53 Å². The Morgan fingerprint density at radius 1 is 1.00 bits per heavy atom. The topological polar surface area (TPSA) is 26.3 Å². The van der Waals surface area contributed by atoms with Crippen molar-refractivity contribution in [3.05, 3.63) is 77.9 Å². The first-order valence-electron chi connectivity index (χ1n) is 10.2. The van der Waals surface area contributed by atoms with E-state index in [-0.39, 0.29) is 11.9 Å². The summed E-state index contributed by atoms with van der Waals surface area (Å²) in [5.41, 5.74) is 3.12. The van der Waals surface area contributed by atoms with Gasteiger partial charge in [-0.15, -0.1) is 6.58 Å². The second-order valence-electron chi connectivity index (χ2n) is 7.65. The molecule has 0 atom stereocenters. The molecule has 144 valence electrons. The number of rotatable bonds is 5. The van der Waals surface area contributed by atoms with Crippen LogP contribution >= 0.6 is 0 Å². The summed E-state index contributed by atoms with van der Waals surface area (Å²) in [5.74, 6) is 7.56. The van der Waals surface area contributed by atoms with Gasteiger partial charge in [0.2, 0.25) is 0 Å². The molecular weight excluding hydrogens is 344 g/mol. The van der Waals surface area contributed by atoms with Gasteiger partial charge in [0.25, 0.3) is 0 Å². The highest BCUT2D eigenvalue weighted by Crippen LogP contribution is 2.32. The lowest BCUT2D eigenvalue weighted by atomic mass is 9.80. The first-order valence-corrected chi connectivity index (χ1v) is 10.2. The lowest BCUT2D eigenvalue weighted by Crippen LogP contribution is -2.25. The van der Waals surface area contributed by atoms with Crippen LogP contribution in [0.1, 0.15) is 55.2 Å². The highest BCUT2D eigenvalue weighted by Gasteiger charge is 2.27. The molecule has 0 aliphatic heterocycles. The van der Waals surface area contributed by atoms with E-state index in [1.54, 1.807) is 0 Å². The molecule has 0 unspecified atom stereocenters. The van der Waals surface area contributed by atoms with Crippen molar-refractivity contribution in [1.82, 2.24) is 0 Å². The van der Waals surface area contributed by atoms with Gasteiger partial charge in [-0.3, -0.25) is 4.79 Å². The second kappa shape index (κ2) is 9.95. The third-order valence-electron chi connectivity index (χ3n) is 5.43. The minimum atomic E-state index is -0.0966. The first-order chi connectivity index (χ1) is 13.6. The van der Waals surface area contributed by atoms with E-state index in [0.29, 0.717) is 5.75 Å². The van der Waals surface area contributed by atoms with Crippen LogP contribution in [0.5, 0.6) is 5.75 Å². The molecule has 1 aliphatic rings. The van der Waals surface area contributed by atoms with Crippen LogP contribution in [0.4, 0.5) is 0 Å². The third kappa shape index (κ3) is 5.86. The van der Waals surface area contributed by atoms with Gasteiger partial charge in [-0.2, -0.15) is 0 Å². The van der Waals surface area contributed by atoms with E-state index in [2.05, 4.69) is 37.5 Å². The Balaban J connectivity index is 1.51. The maximum atomic E-state index is 12.4. The SMILES string of the molecule is C=CCC[C@H]1CC[C@H](C(=O)Oc2ccc(C#Cc3ccc(C)cc3)cc2)CC1. The first kappa shape index (κ1) is 20.0. The number of hydrogen-bond acceptors (Lipinski definition) is 2. The molecule has 2 nitrogen and oxygen atoms in total. The number of allylic oxidation sites excluding steroid dienone is 1. The molecule has 1 aliphatic carbocycles. The third-order valence-corrected chi connectivity index (χ3v) is 5.43. The molecule has 0 radical (unpaired) electrons. The monoisotopic (exact) mass is 372 g/mol. The molecule has 1 fully saturated rings. The second-order valence-corrected chi connectivity index (χ2v) is 7.65. The molecule has 0 spiro atoms. The summed E-state index contributed by atoms with van der Waals surface area (Å²) in [6, 6.07) is 15.6. The highest BCUT2D eigenvalue weighted by molar-refractivity contribution is 5.75. The molecule has 0 aromatic heterocycles. The molecule has 0 heterocycles. The maximum Gasteiger partial charge on any atom is 0.314 e. The van der Waals surface area contributed by atoms with Crippen LogP contribution in [-0.2, 0) is 4.79 Å². The normalized spacial score (nSPS) is 18.6. The zero-order valence-electron chi connectivity index (χ0n) is 16.6. The predicted molar refractivity (Wildman–Crippen MR) is 114 cm³/mol. The molecule has 28 heavy (non-hydrogen) atoms. The Morgan fingerprint density at radius 3 is 2.14 bits per heavy atom. The molecule has 2 aromatic carbocycles.